The first-order chi connectivity index (χ1) is 18.1. The maximum absolute atomic E-state index is 13.6. The summed E-state index contributed by atoms with van der Waals surface area (Å²) in [6.45, 7) is 4.06. The smallest absolute Gasteiger partial charge is 0.223 e. The van der Waals surface area contributed by atoms with E-state index in [1.165, 1.54) is 0 Å². The summed E-state index contributed by atoms with van der Waals surface area (Å²) in [5.41, 5.74) is 4.63. The number of ketones is 2. The van der Waals surface area contributed by atoms with Crippen molar-refractivity contribution in [2.75, 3.05) is 12.0 Å². The number of benzene rings is 2. The van der Waals surface area contributed by atoms with Crippen molar-refractivity contribution in [3.63, 3.8) is 0 Å². The summed E-state index contributed by atoms with van der Waals surface area (Å²) in [6.07, 6.45) is 7.32. The van der Waals surface area contributed by atoms with E-state index in [4.69, 9.17) is 4.52 Å². The monoisotopic (exact) mass is 529 g/mol. The van der Waals surface area contributed by atoms with Gasteiger partial charge in [-0.25, -0.2) is 8.42 Å². The number of hydrogen-bond donors (Lipinski definition) is 0. The first-order valence-corrected chi connectivity index (χ1v) is 14.4. The molecule has 1 aliphatic carbocycles. The van der Waals surface area contributed by atoms with Gasteiger partial charge in [0.2, 0.25) is 11.7 Å². The Bertz CT molecular complexity index is 1740. The third-order valence-corrected chi connectivity index (χ3v) is 7.33. The van der Waals surface area contributed by atoms with Crippen LogP contribution in [0.4, 0.5) is 0 Å². The van der Waals surface area contributed by atoms with Crippen molar-refractivity contribution in [3.05, 3.63) is 89.0 Å². The molecule has 2 heterocycles. The van der Waals surface area contributed by atoms with Gasteiger partial charge in [0, 0.05) is 53.7 Å². The number of aryl methyl sites for hydroxylation is 2. The quantitative estimate of drug-likeness (QED) is 0.303. The van der Waals surface area contributed by atoms with Crippen LogP contribution in [0.2, 0.25) is 0 Å². The molecule has 0 spiro atoms. The molecule has 5 rings (SSSR count). The molecule has 2 aromatic heterocycles. The molecule has 38 heavy (non-hydrogen) atoms. The topological polar surface area (TPSA) is 112 Å². The summed E-state index contributed by atoms with van der Waals surface area (Å²) >= 11 is 0. The first-order valence-electron chi connectivity index (χ1n) is 12.3. The van der Waals surface area contributed by atoms with Crippen LogP contribution in [0.25, 0.3) is 27.9 Å². The minimum Gasteiger partial charge on any atom is -0.339 e. The van der Waals surface area contributed by atoms with Crippen molar-refractivity contribution in [1.82, 2.24) is 14.7 Å². The van der Waals surface area contributed by atoms with Gasteiger partial charge in [-0.2, -0.15) is 4.98 Å². The lowest BCUT2D eigenvalue weighted by Gasteiger charge is -2.14. The molecule has 194 valence electrons. The fourth-order valence-electron chi connectivity index (χ4n) is 4.78. The second-order valence-electron chi connectivity index (χ2n) is 9.48. The van der Waals surface area contributed by atoms with E-state index in [1.54, 1.807) is 25.2 Å². The summed E-state index contributed by atoms with van der Waals surface area (Å²) < 4.78 is 31.3. The molecule has 0 unspecified atom stereocenters. The van der Waals surface area contributed by atoms with Crippen LogP contribution in [0.5, 0.6) is 0 Å². The predicted molar refractivity (Wildman–Crippen MR) is 146 cm³/mol. The number of fused-ring (bicyclic) bond motifs is 1. The Morgan fingerprint density at radius 1 is 1.11 bits per heavy atom. The molecule has 0 amide bonds. The number of Topliss-reactive ketones (excluding diaryl/α,β-unsaturated/α-hetero) is 2. The maximum Gasteiger partial charge on any atom is 0.223 e. The molecule has 0 saturated heterocycles. The minimum atomic E-state index is -3.61. The van der Waals surface area contributed by atoms with E-state index >= 15 is 0 Å². The highest BCUT2D eigenvalue weighted by atomic mass is 32.2. The van der Waals surface area contributed by atoms with Gasteiger partial charge in [-0.05, 0) is 29.7 Å². The average Bonchev–Trinajstić information content (AvgIpc) is 3.45. The largest absolute Gasteiger partial charge is 0.339 e. The molecular weight excluding hydrogens is 502 g/mol. The number of sulfone groups is 1. The van der Waals surface area contributed by atoms with Gasteiger partial charge in [-0.15, -0.1) is 0 Å². The molecular formula is C29H27N3O5S. The fraction of sp³-hybridized carbons (Fsp3) is 0.241. The number of rotatable bonds is 8. The van der Waals surface area contributed by atoms with Crippen molar-refractivity contribution < 1.29 is 22.5 Å². The second-order valence-corrected chi connectivity index (χ2v) is 11.6. The zero-order chi connectivity index (χ0) is 27.0. The summed E-state index contributed by atoms with van der Waals surface area (Å²) in [5, 5.41) is 4.71. The summed E-state index contributed by atoms with van der Waals surface area (Å²) in [5.74, 6) is -0.350. The van der Waals surface area contributed by atoms with Gasteiger partial charge < -0.3 is 9.09 Å². The average molecular weight is 530 g/mol. The predicted octanol–water partition coefficient (Wildman–Crippen LogP) is 4.75. The normalized spacial score (nSPS) is 13.8. The van der Waals surface area contributed by atoms with E-state index in [9.17, 15) is 18.0 Å². The standard InChI is InChI=1S/C29H27N3O5S/c1-4-19-11-14-24-23(15-19)27(22-7-5-6-8-25(22)33)28(26(34)17-38(3,35)36)32(24)16-20-9-12-21(13-10-20)29-30-18(2)37-31-29/h5-7,9-15H,4,8,16-17H2,1-3H3. The van der Waals surface area contributed by atoms with E-state index in [2.05, 4.69) is 10.1 Å². The van der Waals surface area contributed by atoms with Gasteiger partial charge in [0.15, 0.2) is 21.4 Å². The van der Waals surface area contributed by atoms with Gasteiger partial charge in [-0.1, -0.05) is 60.6 Å². The maximum atomic E-state index is 13.6. The van der Waals surface area contributed by atoms with Crippen molar-refractivity contribution in [2.45, 2.75) is 33.2 Å². The Kier molecular flexibility index (Phi) is 6.71. The number of allylic oxidation sites excluding steroid dienone is 4. The lowest BCUT2D eigenvalue weighted by Crippen LogP contribution is -2.21. The third kappa shape index (κ3) is 5.02. The van der Waals surface area contributed by atoms with E-state index in [0.717, 1.165) is 40.3 Å². The van der Waals surface area contributed by atoms with Crippen LogP contribution in [0, 0.1) is 6.92 Å². The van der Waals surface area contributed by atoms with Crippen LogP contribution >= 0.6 is 0 Å². The summed E-state index contributed by atoms with van der Waals surface area (Å²) in [6, 6.07) is 13.5. The van der Waals surface area contributed by atoms with Crippen LogP contribution in [-0.2, 0) is 27.6 Å². The Morgan fingerprint density at radius 2 is 1.84 bits per heavy atom. The zero-order valence-electron chi connectivity index (χ0n) is 21.4. The van der Waals surface area contributed by atoms with Crippen molar-refractivity contribution in [3.8, 4) is 11.4 Å². The van der Waals surface area contributed by atoms with Crippen molar-refractivity contribution >= 4 is 37.9 Å². The Morgan fingerprint density at radius 3 is 2.47 bits per heavy atom. The number of nitrogens with zero attached hydrogens (tertiary/aromatic N) is 3. The molecule has 0 fully saturated rings. The van der Waals surface area contributed by atoms with Crippen LogP contribution in [0.3, 0.4) is 0 Å². The highest BCUT2D eigenvalue weighted by Gasteiger charge is 2.29. The summed E-state index contributed by atoms with van der Waals surface area (Å²) in [4.78, 5) is 30.9. The first kappa shape index (κ1) is 25.5. The molecule has 0 atom stereocenters. The molecule has 2 aromatic carbocycles. The molecule has 0 radical (unpaired) electrons. The van der Waals surface area contributed by atoms with Crippen LogP contribution < -0.4 is 0 Å². The van der Waals surface area contributed by atoms with Gasteiger partial charge >= 0.3 is 0 Å². The highest BCUT2D eigenvalue weighted by Crippen LogP contribution is 2.36. The Hall–Kier alpha value is -4.11. The van der Waals surface area contributed by atoms with Crippen LogP contribution in [0.1, 0.15) is 46.4 Å². The van der Waals surface area contributed by atoms with Gasteiger partial charge in [0.05, 0.1) is 5.69 Å². The lowest BCUT2D eigenvalue weighted by molar-refractivity contribution is -0.113. The second kappa shape index (κ2) is 9.98. The minimum absolute atomic E-state index is 0.110. The molecule has 0 aliphatic heterocycles. The molecule has 0 N–H and O–H groups in total. The Labute approximate surface area is 220 Å². The number of hydrogen-bond acceptors (Lipinski definition) is 7. The molecule has 8 nitrogen and oxygen atoms in total. The third-order valence-electron chi connectivity index (χ3n) is 6.55. The Balaban J connectivity index is 1.70. The highest BCUT2D eigenvalue weighted by molar-refractivity contribution is 7.91. The molecule has 0 saturated carbocycles. The number of aromatic nitrogens is 3. The van der Waals surface area contributed by atoms with Gasteiger partial charge in [0.25, 0.3) is 0 Å². The summed E-state index contributed by atoms with van der Waals surface area (Å²) in [7, 11) is -3.61. The van der Waals surface area contributed by atoms with E-state index in [1.807, 2.05) is 54.0 Å². The number of carbonyl (C=O) groups excluding carboxylic acids is 2. The van der Waals surface area contributed by atoms with E-state index in [-0.39, 0.29) is 17.9 Å². The van der Waals surface area contributed by atoms with Gasteiger partial charge in [-0.3, -0.25) is 9.59 Å². The SMILES string of the molecule is CCc1ccc2c(c1)c(C1=CC=CCC1=O)c(C(=O)CS(C)(=O)=O)n2Cc1ccc(-c2noc(C)n2)cc1. The van der Waals surface area contributed by atoms with Gasteiger partial charge in [0.1, 0.15) is 5.75 Å². The molecule has 9 heteroatoms. The van der Waals surface area contributed by atoms with E-state index < -0.39 is 21.4 Å². The number of carbonyl (C=O) groups is 2. The van der Waals surface area contributed by atoms with Crippen LogP contribution in [0.15, 0.2) is 65.2 Å². The van der Waals surface area contributed by atoms with Crippen LogP contribution in [-0.4, -0.2) is 46.7 Å². The zero-order valence-corrected chi connectivity index (χ0v) is 22.2. The molecule has 1 aliphatic rings. The molecule has 4 aromatic rings. The molecule has 0 bridgehead atoms. The fourth-order valence-corrected chi connectivity index (χ4v) is 5.39. The van der Waals surface area contributed by atoms with Crippen molar-refractivity contribution in [1.29, 1.82) is 0 Å². The van der Waals surface area contributed by atoms with E-state index in [0.29, 0.717) is 29.4 Å². The van der Waals surface area contributed by atoms with Crippen molar-refractivity contribution in [2.24, 2.45) is 0 Å². The lowest BCUT2D eigenvalue weighted by atomic mass is 9.92.